The Morgan fingerprint density at radius 3 is 2.65 bits per heavy atom. The fourth-order valence-electron chi connectivity index (χ4n) is 1.18. The van der Waals surface area contributed by atoms with Gasteiger partial charge in [0.2, 0.25) is 5.91 Å². The summed E-state index contributed by atoms with van der Waals surface area (Å²) < 4.78 is 6.95. The van der Waals surface area contributed by atoms with Gasteiger partial charge in [-0.1, -0.05) is 6.92 Å². The first-order chi connectivity index (χ1) is 7.95. The molecule has 6 heteroatoms. The fraction of sp³-hybridized carbons (Fsp3) is 0.364. The van der Waals surface area contributed by atoms with Crippen molar-refractivity contribution in [3.8, 4) is 5.75 Å². The predicted molar refractivity (Wildman–Crippen MR) is 75.2 cm³/mol. The molecule has 0 aliphatic heterocycles. The zero-order valence-electron chi connectivity index (χ0n) is 9.59. The number of halogens is 2. The summed E-state index contributed by atoms with van der Waals surface area (Å²) in [4.78, 5) is 10.9. The molecular weight excluding hydrogens is 352 g/mol. The van der Waals surface area contributed by atoms with E-state index in [0.717, 1.165) is 20.4 Å². The molecule has 1 aromatic carbocycles. The second kappa shape index (κ2) is 6.26. The van der Waals surface area contributed by atoms with E-state index >= 15 is 0 Å². The van der Waals surface area contributed by atoms with Crippen LogP contribution < -0.4 is 15.8 Å². The van der Waals surface area contributed by atoms with Crippen LogP contribution in [0.4, 0.5) is 5.69 Å². The zero-order valence-corrected chi connectivity index (χ0v) is 12.8. The molecular formula is C11H14Br2N2O2. The standard InChI is InChI=1S/C11H14Br2N2O2/c1-6(11(14)16)5-15-9-4-10(17-2)8(13)3-7(9)12/h3-4,6,15H,5H2,1-2H3,(H2,14,16). The average molecular weight is 366 g/mol. The molecule has 1 amide bonds. The van der Waals surface area contributed by atoms with Gasteiger partial charge in [0.15, 0.2) is 0 Å². The monoisotopic (exact) mass is 364 g/mol. The molecule has 1 aromatic rings. The van der Waals surface area contributed by atoms with Gasteiger partial charge in [-0.2, -0.15) is 0 Å². The lowest BCUT2D eigenvalue weighted by Crippen LogP contribution is -2.26. The Morgan fingerprint density at radius 1 is 1.47 bits per heavy atom. The van der Waals surface area contributed by atoms with Gasteiger partial charge in [-0.05, 0) is 37.9 Å². The molecule has 0 bridgehead atoms. The largest absolute Gasteiger partial charge is 0.495 e. The molecule has 1 rings (SSSR count). The fourth-order valence-corrected chi connectivity index (χ4v) is 2.48. The number of carbonyl (C=O) groups excluding carboxylic acids is 1. The van der Waals surface area contributed by atoms with Gasteiger partial charge >= 0.3 is 0 Å². The molecule has 0 saturated heterocycles. The summed E-state index contributed by atoms with van der Waals surface area (Å²) in [6.07, 6.45) is 0. The van der Waals surface area contributed by atoms with E-state index in [4.69, 9.17) is 10.5 Å². The SMILES string of the molecule is COc1cc(NCC(C)C(N)=O)c(Br)cc1Br. The molecule has 0 aromatic heterocycles. The van der Waals surface area contributed by atoms with Crippen LogP contribution in [0.2, 0.25) is 0 Å². The predicted octanol–water partition coefficient (Wildman–Crippen LogP) is 2.75. The number of nitrogens with one attached hydrogen (secondary N) is 1. The minimum atomic E-state index is -0.322. The van der Waals surface area contributed by atoms with Gasteiger partial charge in [-0.15, -0.1) is 0 Å². The molecule has 3 N–H and O–H groups in total. The molecule has 1 atom stereocenters. The van der Waals surface area contributed by atoms with Crippen LogP contribution in [-0.4, -0.2) is 19.6 Å². The van der Waals surface area contributed by atoms with Crippen molar-refractivity contribution in [2.45, 2.75) is 6.92 Å². The topological polar surface area (TPSA) is 64.3 Å². The maximum absolute atomic E-state index is 10.9. The Morgan fingerprint density at radius 2 is 2.12 bits per heavy atom. The summed E-state index contributed by atoms with van der Waals surface area (Å²) in [7, 11) is 1.60. The van der Waals surface area contributed by atoms with E-state index in [1.165, 1.54) is 0 Å². The number of nitrogens with two attached hydrogens (primary N) is 1. The number of amides is 1. The molecule has 17 heavy (non-hydrogen) atoms. The number of primary amides is 1. The maximum atomic E-state index is 10.9. The summed E-state index contributed by atoms with van der Waals surface area (Å²) >= 11 is 6.82. The first kappa shape index (κ1) is 14.3. The van der Waals surface area contributed by atoms with Crippen LogP contribution in [0.3, 0.4) is 0 Å². The zero-order chi connectivity index (χ0) is 13.0. The Bertz CT molecular complexity index is 424. The van der Waals surface area contributed by atoms with Crippen LogP contribution >= 0.6 is 31.9 Å². The van der Waals surface area contributed by atoms with Crippen molar-refractivity contribution in [3.63, 3.8) is 0 Å². The van der Waals surface area contributed by atoms with Gasteiger partial charge in [0.1, 0.15) is 5.75 Å². The molecule has 1 unspecified atom stereocenters. The number of ether oxygens (including phenoxy) is 1. The lowest BCUT2D eigenvalue weighted by Gasteiger charge is -2.14. The van der Waals surface area contributed by atoms with E-state index in [9.17, 15) is 4.79 Å². The molecule has 94 valence electrons. The number of benzene rings is 1. The number of carbonyl (C=O) groups is 1. The molecule has 0 heterocycles. The second-order valence-corrected chi connectivity index (χ2v) is 5.36. The third-order valence-corrected chi connectivity index (χ3v) is 3.60. The van der Waals surface area contributed by atoms with Gasteiger partial charge in [0.05, 0.1) is 23.2 Å². The number of anilines is 1. The summed E-state index contributed by atoms with van der Waals surface area (Å²) in [5.74, 6) is 0.177. The van der Waals surface area contributed by atoms with Crippen molar-refractivity contribution in [3.05, 3.63) is 21.1 Å². The highest BCUT2D eigenvalue weighted by Crippen LogP contribution is 2.34. The highest BCUT2D eigenvalue weighted by molar-refractivity contribution is 9.11. The van der Waals surface area contributed by atoms with Gasteiger partial charge < -0.3 is 15.8 Å². The van der Waals surface area contributed by atoms with E-state index in [1.54, 1.807) is 14.0 Å². The number of rotatable bonds is 5. The van der Waals surface area contributed by atoms with E-state index < -0.39 is 0 Å². The Kier molecular flexibility index (Phi) is 5.27. The minimum absolute atomic E-state index is 0.225. The number of hydrogen-bond acceptors (Lipinski definition) is 3. The van der Waals surface area contributed by atoms with Crippen molar-refractivity contribution < 1.29 is 9.53 Å². The molecule has 0 radical (unpaired) electrons. The second-order valence-electron chi connectivity index (χ2n) is 3.65. The molecule has 0 spiro atoms. The van der Waals surface area contributed by atoms with Crippen LogP contribution in [-0.2, 0) is 4.79 Å². The van der Waals surface area contributed by atoms with E-state index in [2.05, 4.69) is 37.2 Å². The van der Waals surface area contributed by atoms with Crippen LogP contribution in [0.1, 0.15) is 6.92 Å². The minimum Gasteiger partial charge on any atom is -0.495 e. The van der Waals surface area contributed by atoms with Crippen LogP contribution in [0, 0.1) is 5.92 Å². The molecule has 0 fully saturated rings. The highest BCUT2D eigenvalue weighted by Gasteiger charge is 2.11. The van der Waals surface area contributed by atoms with Gasteiger partial charge in [-0.3, -0.25) is 4.79 Å². The third-order valence-electron chi connectivity index (χ3n) is 2.33. The van der Waals surface area contributed by atoms with Crippen molar-refractivity contribution in [2.75, 3.05) is 19.0 Å². The highest BCUT2D eigenvalue weighted by atomic mass is 79.9. The maximum Gasteiger partial charge on any atom is 0.222 e. The Hall–Kier alpha value is -0.750. The van der Waals surface area contributed by atoms with Gasteiger partial charge in [0.25, 0.3) is 0 Å². The first-order valence-corrected chi connectivity index (χ1v) is 6.60. The van der Waals surface area contributed by atoms with Gasteiger partial charge in [-0.25, -0.2) is 0 Å². The smallest absolute Gasteiger partial charge is 0.222 e. The summed E-state index contributed by atoms with van der Waals surface area (Å²) in [5.41, 5.74) is 6.05. The summed E-state index contributed by atoms with van der Waals surface area (Å²) in [5, 5.41) is 3.15. The molecule has 0 aliphatic rings. The molecule has 0 aliphatic carbocycles. The Balaban J connectivity index is 2.80. The van der Waals surface area contributed by atoms with E-state index in [-0.39, 0.29) is 11.8 Å². The summed E-state index contributed by atoms with van der Waals surface area (Å²) in [6.45, 7) is 2.26. The van der Waals surface area contributed by atoms with Crippen LogP contribution in [0.5, 0.6) is 5.75 Å². The number of methoxy groups -OCH3 is 1. The van der Waals surface area contributed by atoms with Crippen molar-refractivity contribution in [1.82, 2.24) is 0 Å². The normalized spacial score (nSPS) is 12.0. The first-order valence-electron chi connectivity index (χ1n) is 5.02. The average Bonchev–Trinajstić information content (AvgIpc) is 2.27. The van der Waals surface area contributed by atoms with Crippen molar-refractivity contribution >= 4 is 43.5 Å². The Labute approximate surface area is 117 Å². The molecule has 0 saturated carbocycles. The third kappa shape index (κ3) is 3.89. The van der Waals surface area contributed by atoms with Crippen molar-refractivity contribution in [1.29, 1.82) is 0 Å². The summed E-state index contributed by atoms with van der Waals surface area (Å²) in [6, 6.07) is 3.73. The lowest BCUT2D eigenvalue weighted by atomic mass is 10.1. The van der Waals surface area contributed by atoms with Crippen molar-refractivity contribution in [2.24, 2.45) is 11.7 Å². The number of hydrogen-bond donors (Lipinski definition) is 2. The lowest BCUT2D eigenvalue weighted by molar-refractivity contribution is -0.120. The quantitative estimate of drug-likeness (QED) is 0.843. The van der Waals surface area contributed by atoms with E-state index in [0.29, 0.717) is 6.54 Å². The van der Waals surface area contributed by atoms with E-state index in [1.807, 2.05) is 12.1 Å². The van der Waals surface area contributed by atoms with Crippen LogP contribution in [0.25, 0.3) is 0 Å². The van der Waals surface area contributed by atoms with Crippen LogP contribution in [0.15, 0.2) is 21.1 Å². The van der Waals surface area contributed by atoms with Gasteiger partial charge in [0, 0.05) is 17.1 Å². The molecule has 4 nitrogen and oxygen atoms in total.